The van der Waals surface area contributed by atoms with Crippen molar-refractivity contribution in [2.45, 2.75) is 32.1 Å². The SMILES string of the molecule is CCOc1ccc(C(Cl)C2CCCOC2)cc1OCC. The molecule has 2 unspecified atom stereocenters. The second kappa shape index (κ2) is 7.75. The molecule has 1 aliphatic heterocycles. The fraction of sp³-hybridized carbons (Fsp3) is 0.625. The van der Waals surface area contributed by atoms with Crippen molar-refractivity contribution in [3.63, 3.8) is 0 Å². The van der Waals surface area contributed by atoms with Gasteiger partial charge in [0, 0.05) is 12.5 Å². The van der Waals surface area contributed by atoms with Gasteiger partial charge in [-0.05, 0) is 44.4 Å². The second-order valence-electron chi connectivity index (χ2n) is 4.95. The van der Waals surface area contributed by atoms with E-state index in [9.17, 15) is 0 Å². The van der Waals surface area contributed by atoms with Gasteiger partial charge >= 0.3 is 0 Å². The number of benzene rings is 1. The Morgan fingerprint density at radius 2 is 2.00 bits per heavy atom. The summed E-state index contributed by atoms with van der Waals surface area (Å²) in [6.07, 6.45) is 2.20. The van der Waals surface area contributed by atoms with E-state index in [0.29, 0.717) is 19.1 Å². The van der Waals surface area contributed by atoms with E-state index in [1.54, 1.807) is 0 Å². The zero-order valence-electron chi connectivity index (χ0n) is 12.2. The minimum atomic E-state index is -0.0369. The van der Waals surface area contributed by atoms with Gasteiger partial charge in [-0.15, -0.1) is 11.6 Å². The highest BCUT2D eigenvalue weighted by Crippen LogP contribution is 2.38. The molecular weight excluding hydrogens is 276 g/mol. The van der Waals surface area contributed by atoms with E-state index in [0.717, 1.165) is 43.1 Å². The lowest BCUT2D eigenvalue weighted by molar-refractivity contribution is 0.0531. The predicted molar refractivity (Wildman–Crippen MR) is 80.9 cm³/mol. The molecule has 2 atom stereocenters. The molecule has 1 aliphatic rings. The molecule has 0 bridgehead atoms. The van der Waals surface area contributed by atoms with Gasteiger partial charge in [0.05, 0.1) is 25.2 Å². The van der Waals surface area contributed by atoms with Crippen LogP contribution in [0.3, 0.4) is 0 Å². The van der Waals surface area contributed by atoms with Crippen LogP contribution in [-0.4, -0.2) is 26.4 Å². The largest absolute Gasteiger partial charge is 0.490 e. The van der Waals surface area contributed by atoms with Gasteiger partial charge in [0.1, 0.15) is 0 Å². The summed E-state index contributed by atoms with van der Waals surface area (Å²) >= 11 is 6.61. The average molecular weight is 299 g/mol. The van der Waals surface area contributed by atoms with Crippen LogP contribution in [0.5, 0.6) is 11.5 Å². The summed E-state index contributed by atoms with van der Waals surface area (Å²) < 4.78 is 16.8. The summed E-state index contributed by atoms with van der Waals surface area (Å²) in [5.41, 5.74) is 1.08. The molecule has 2 rings (SSSR count). The van der Waals surface area contributed by atoms with Crippen LogP contribution >= 0.6 is 11.6 Å². The normalized spacial score (nSPS) is 20.4. The van der Waals surface area contributed by atoms with E-state index in [2.05, 4.69) is 0 Å². The van der Waals surface area contributed by atoms with Crippen molar-refractivity contribution in [3.8, 4) is 11.5 Å². The highest BCUT2D eigenvalue weighted by molar-refractivity contribution is 6.21. The van der Waals surface area contributed by atoms with E-state index in [1.165, 1.54) is 0 Å². The standard InChI is InChI=1S/C16H23ClO3/c1-3-19-14-8-7-12(10-15(14)20-4-2)16(17)13-6-5-9-18-11-13/h7-8,10,13,16H,3-6,9,11H2,1-2H3. The second-order valence-corrected chi connectivity index (χ2v) is 5.42. The minimum Gasteiger partial charge on any atom is -0.490 e. The molecule has 1 saturated heterocycles. The molecule has 1 aromatic carbocycles. The smallest absolute Gasteiger partial charge is 0.161 e. The maximum Gasteiger partial charge on any atom is 0.161 e. The Morgan fingerprint density at radius 1 is 1.25 bits per heavy atom. The maximum atomic E-state index is 6.61. The topological polar surface area (TPSA) is 27.7 Å². The molecule has 20 heavy (non-hydrogen) atoms. The van der Waals surface area contributed by atoms with Crippen molar-refractivity contribution < 1.29 is 14.2 Å². The Bertz CT molecular complexity index is 416. The van der Waals surface area contributed by atoms with Crippen molar-refractivity contribution in [1.82, 2.24) is 0 Å². The van der Waals surface area contributed by atoms with Gasteiger partial charge in [-0.25, -0.2) is 0 Å². The van der Waals surface area contributed by atoms with Crippen LogP contribution in [0.1, 0.15) is 37.6 Å². The Morgan fingerprint density at radius 3 is 2.65 bits per heavy atom. The van der Waals surface area contributed by atoms with E-state index < -0.39 is 0 Å². The van der Waals surface area contributed by atoms with Gasteiger partial charge in [0.15, 0.2) is 11.5 Å². The molecule has 3 nitrogen and oxygen atoms in total. The van der Waals surface area contributed by atoms with Crippen LogP contribution in [-0.2, 0) is 4.74 Å². The molecule has 1 heterocycles. The van der Waals surface area contributed by atoms with Gasteiger partial charge in [0.2, 0.25) is 0 Å². The Labute approximate surface area is 126 Å². The van der Waals surface area contributed by atoms with Gasteiger partial charge in [-0.2, -0.15) is 0 Å². The van der Waals surface area contributed by atoms with Crippen LogP contribution in [0.15, 0.2) is 18.2 Å². The molecule has 0 amide bonds. The highest BCUT2D eigenvalue weighted by Gasteiger charge is 2.24. The van der Waals surface area contributed by atoms with Crippen molar-refractivity contribution >= 4 is 11.6 Å². The van der Waals surface area contributed by atoms with Crippen LogP contribution in [0, 0.1) is 5.92 Å². The molecule has 1 fully saturated rings. The van der Waals surface area contributed by atoms with Crippen molar-refractivity contribution in [2.24, 2.45) is 5.92 Å². The third-order valence-electron chi connectivity index (χ3n) is 3.50. The summed E-state index contributed by atoms with van der Waals surface area (Å²) in [5, 5.41) is -0.0369. The lowest BCUT2D eigenvalue weighted by Gasteiger charge is -2.27. The monoisotopic (exact) mass is 298 g/mol. The fourth-order valence-electron chi connectivity index (χ4n) is 2.51. The molecule has 0 radical (unpaired) electrons. The van der Waals surface area contributed by atoms with Crippen molar-refractivity contribution in [3.05, 3.63) is 23.8 Å². The summed E-state index contributed by atoms with van der Waals surface area (Å²) in [7, 11) is 0. The van der Waals surface area contributed by atoms with Crippen molar-refractivity contribution in [1.29, 1.82) is 0 Å². The Kier molecular flexibility index (Phi) is 5.99. The first kappa shape index (κ1) is 15.5. The maximum absolute atomic E-state index is 6.61. The lowest BCUT2D eigenvalue weighted by Crippen LogP contribution is -2.21. The summed E-state index contributed by atoms with van der Waals surface area (Å²) in [6.45, 7) is 6.77. The fourth-order valence-corrected chi connectivity index (χ4v) is 2.84. The zero-order valence-corrected chi connectivity index (χ0v) is 13.0. The summed E-state index contributed by atoms with van der Waals surface area (Å²) in [6, 6.07) is 5.98. The first-order valence-corrected chi connectivity index (χ1v) is 7.81. The van der Waals surface area contributed by atoms with Gasteiger partial charge in [-0.3, -0.25) is 0 Å². The van der Waals surface area contributed by atoms with Crippen LogP contribution < -0.4 is 9.47 Å². The van der Waals surface area contributed by atoms with E-state index in [1.807, 2.05) is 32.0 Å². The Hall–Kier alpha value is -0.930. The number of rotatable bonds is 6. The number of ether oxygens (including phenoxy) is 3. The molecule has 1 aromatic rings. The number of hydrogen-bond acceptors (Lipinski definition) is 3. The van der Waals surface area contributed by atoms with Gasteiger partial charge in [-0.1, -0.05) is 6.07 Å². The summed E-state index contributed by atoms with van der Waals surface area (Å²) in [4.78, 5) is 0. The molecule has 4 heteroatoms. The van der Waals surface area contributed by atoms with E-state index in [-0.39, 0.29) is 5.38 Å². The van der Waals surface area contributed by atoms with E-state index in [4.69, 9.17) is 25.8 Å². The minimum absolute atomic E-state index is 0.0369. The van der Waals surface area contributed by atoms with E-state index >= 15 is 0 Å². The summed E-state index contributed by atoms with van der Waals surface area (Å²) in [5.74, 6) is 1.92. The van der Waals surface area contributed by atoms with Gasteiger partial charge in [0.25, 0.3) is 0 Å². The molecular formula is C16H23ClO3. The first-order valence-electron chi connectivity index (χ1n) is 7.37. The number of hydrogen-bond donors (Lipinski definition) is 0. The molecule has 0 spiro atoms. The molecule has 0 saturated carbocycles. The molecule has 0 aliphatic carbocycles. The predicted octanol–water partition coefficient (Wildman–Crippen LogP) is 4.19. The third kappa shape index (κ3) is 3.80. The first-order chi connectivity index (χ1) is 9.76. The quantitative estimate of drug-likeness (QED) is 0.737. The highest BCUT2D eigenvalue weighted by atomic mass is 35.5. The van der Waals surface area contributed by atoms with Crippen LogP contribution in [0.4, 0.5) is 0 Å². The lowest BCUT2D eigenvalue weighted by atomic mass is 9.93. The average Bonchev–Trinajstić information content (AvgIpc) is 2.50. The molecule has 0 N–H and O–H groups in total. The van der Waals surface area contributed by atoms with Crippen LogP contribution in [0.2, 0.25) is 0 Å². The zero-order chi connectivity index (χ0) is 14.4. The van der Waals surface area contributed by atoms with Gasteiger partial charge < -0.3 is 14.2 Å². The molecule has 112 valence electrons. The number of alkyl halides is 1. The molecule has 0 aromatic heterocycles. The third-order valence-corrected chi connectivity index (χ3v) is 4.10. The Balaban J connectivity index is 2.16. The van der Waals surface area contributed by atoms with Crippen LogP contribution in [0.25, 0.3) is 0 Å². The van der Waals surface area contributed by atoms with Crippen molar-refractivity contribution in [2.75, 3.05) is 26.4 Å². The number of halogens is 1.